The predicted octanol–water partition coefficient (Wildman–Crippen LogP) is 1.94. The fourth-order valence-corrected chi connectivity index (χ4v) is 4.97. The SMILES string of the molecule is Nc1ncnc(NCC2C3CC4CC(C3)CC2C4)n1. The van der Waals surface area contributed by atoms with Crippen molar-refractivity contribution in [3.05, 3.63) is 6.33 Å². The molecule has 4 bridgehead atoms. The van der Waals surface area contributed by atoms with Crippen LogP contribution in [0, 0.1) is 29.6 Å². The molecule has 0 spiro atoms. The Morgan fingerprint density at radius 3 is 2.37 bits per heavy atom. The van der Waals surface area contributed by atoms with Gasteiger partial charge in [0.25, 0.3) is 0 Å². The smallest absolute Gasteiger partial charge is 0.227 e. The lowest BCUT2D eigenvalue weighted by Crippen LogP contribution is -2.47. The first kappa shape index (κ1) is 11.4. The summed E-state index contributed by atoms with van der Waals surface area (Å²) in [4.78, 5) is 12.1. The van der Waals surface area contributed by atoms with Crippen LogP contribution < -0.4 is 11.1 Å². The average Bonchev–Trinajstić information content (AvgIpc) is 2.37. The van der Waals surface area contributed by atoms with Crippen LogP contribution in [-0.2, 0) is 0 Å². The molecule has 5 heteroatoms. The predicted molar refractivity (Wildman–Crippen MR) is 73.3 cm³/mol. The number of nitrogens with one attached hydrogen (secondary N) is 1. The molecular formula is C14H21N5. The minimum absolute atomic E-state index is 0.294. The van der Waals surface area contributed by atoms with E-state index in [2.05, 4.69) is 20.3 Å². The van der Waals surface area contributed by atoms with E-state index in [0.29, 0.717) is 11.9 Å². The quantitative estimate of drug-likeness (QED) is 0.867. The number of hydrogen-bond donors (Lipinski definition) is 2. The van der Waals surface area contributed by atoms with Gasteiger partial charge in [0.2, 0.25) is 11.9 Å². The van der Waals surface area contributed by atoms with E-state index in [9.17, 15) is 0 Å². The maximum absolute atomic E-state index is 5.58. The molecule has 3 N–H and O–H groups in total. The second-order valence-corrected chi connectivity index (χ2v) is 6.64. The number of anilines is 2. The summed E-state index contributed by atoms with van der Waals surface area (Å²) < 4.78 is 0. The standard InChI is InChI=1S/C14H21N5/c15-13-17-7-18-14(19-13)16-6-12-10-2-8-1-9(4-10)5-11(12)3-8/h7-12H,1-6H2,(H3,15,16,17,18,19). The topological polar surface area (TPSA) is 76.7 Å². The summed E-state index contributed by atoms with van der Waals surface area (Å²) in [5.74, 6) is 5.67. The second kappa shape index (κ2) is 4.32. The molecule has 5 nitrogen and oxygen atoms in total. The molecule has 4 aliphatic carbocycles. The van der Waals surface area contributed by atoms with Gasteiger partial charge in [-0.15, -0.1) is 0 Å². The summed E-state index contributed by atoms with van der Waals surface area (Å²) in [5, 5.41) is 3.37. The fraction of sp³-hybridized carbons (Fsp3) is 0.786. The van der Waals surface area contributed by atoms with Gasteiger partial charge in [-0.05, 0) is 61.7 Å². The van der Waals surface area contributed by atoms with Crippen LogP contribution in [0.3, 0.4) is 0 Å². The van der Waals surface area contributed by atoms with Crippen molar-refractivity contribution in [3.8, 4) is 0 Å². The lowest BCUT2D eigenvalue weighted by Gasteiger charge is -2.54. The van der Waals surface area contributed by atoms with Crippen LogP contribution in [0.1, 0.15) is 32.1 Å². The van der Waals surface area contributed by atoms with Crippen molar-refractivity contribution in [2.45, 2.75) is 32.1 Å². The highest BCUT2D eigenvalue weighted by Gasteiger charge is 2.47. The number of hydrogen-bond acceptors (Lipinski definition) is 5. The Hall–Kier alpha value is -1.39. The Morgan fingerprint density at radius 2 is 1.74 bits per heavy atom. The molecule has 102 valence electrons. The van der Waals surface area contributed by atoms with Gasteiger partial charge in [-0.3, -0.25) is 0 Å². The molecule has 0 aromatic carbocycles. The van der Waals surface area contributed by atoms with E-state index >= 15 is 0 Å². The maximum atomic E-state index is 5.58. The van der Waals surface area contributed by atoms with Crippen LogP contribution in [0.5, 0.6) is 0 Å². The second-order valence-electron chi connectivity index (χ2n) is 6.64. The zero-order valence-corrected chi connectivity index (χ0v) is 11.1. The first-order valence-electron chi connectivity index (χ1n) is 7.46. The van der Waals surface area contributed by atoms with Crippen LogP contribution in [0.15, 0.2) is 6.33 Å². The Balaban J connectivity index is 1.43. The summed E-state index contributed by atoms with van der Waals surface area (Å²) in [6, 6.07) is 0. The molecule has 1 aromatic heterocycles. The van der Waals surface area contributed by atoms with Crippen LogP contribution >= 0.6 is 0 Å². The van der Waals surface area contributed by atoms with E-state index in [1.54, 1.807) is 0 Å². The van der Waals surface area contributed by atoms with Gasteiger partial charge < -0.3 is 11.1 Å². The minimum atomic E-state index is 0.294. The molecule has 4 aliphatic rings. The highest BCUT2D eigenvalue weighted by atomic mass is 15.2. The molecule has 0 atom stereocenters. The highest BCUT2D eigenvalue weighted by molar-refractivity contribution is 5.29. The Labute approximate surface area is 113 Å². The van der Waals surface area contributed by atoms with Crippen LogP contribution in [0.25, 0.3) is 0 Å². The van der Waals surface area contributed by atoms with Gasteiger partial charge in [-0.2, -0.15) is 4.98 Å². The molecule has 0 radical (unpaired) electrons. The first-order chi connectivity index (χ1) is 9.28. The Bertz CT molecular complexity index is 447. The van der Waals surface area contributed by atoms with Crippen LogP contribution in [0.4, 0.5) is 11.9 Å². The molecule has 0 unspecified atom stereocenters. The van der Waals surface area contributed by atoms with Gasteiger partial charge in [-0.1, -0.05) is 0 Å². The van der Waals surface area contributed by atoms with Crippen molar-refractivity contribution in [1.82, 2.24) is 15.0 Å². The van der Waals surface area contributed by atoms with Crippen molar-refractivity contribution < 1.29 is 0 Å². The first-order valence-corrected chi connectivity index (χ1v) is 7.46. The van der Waals surface area contributed by atoms with Crippen molar-refractivity contribution in [2.24, 2.45) is 29.6 Å². The van der Waals surface area contributed by atoms with Crippen LogP contribution in [-0.4, -0.2) is 21.5 Å². The summed E-state index contributed by atoms with van der Waals surface area (Å²) >= 11 is 0. The maximum Gasteiger partial charge on any atom is 0.227 e. The lowest BCUT2D eigenvalue weighted by atomic mass is 9.52. The summed E-state index contributed by atoms with van der Waals surface area (Å²) in [6.07, 6.45) is 8.81. The third-order valence-electron chi connectivity index (χ3n) is 5.51. The number of nitrogens with two attached hydrogens (primary N) is 1. The monoisotopic (exact) mass is 259 g/mol. The molecular weight excluding hydrogens is 238 g/mol. The normalized spacial score (nSPS) is 39.5. The van der Waals surface area contributed by atoms with E-state index in [0.717, 1.165) is 36.1 Å². The summed E-state index contributed by atoms with van der Waals surface area (Å²) in [5.41, 5.74) is 5.58. The average molecular weight is 259 g/mol. The molecule has 1 heterocycles. The largest absolute Gasteiger partial charge is 0.368 e. The van der Waals surface area contributed by atoms with E-state index in [1.807, 2.05) is 0 Å². The number of aromatic nitrogens is 3. The number of nitrogens with zero attached hydrogens (tertiary/aromatic N) is 3. The van der Waals surface area contributed by atoms with Crippen molar-refractivity contribution in [2.75, 3.05) is 17.6 Å². The molecule has 4 fully saturated rings. The van der Waals surface area contributed by atoms with Crippen molar-refractivity contribution >= 4 is 11.9 Å². The molecule has 0 amide bonds. The van der Waals surface area contributed by atoms with E-state index in [-0.39, 0.29) is 0 Å². The van der Waals surface area contributed by atoms with Gasteiger partial charge in [0, 0.05) is 6.54 Å². The number of nitrogen functional groups attached to an aromatic ring is 1. The molecule has 19 heavy (non-hydrogen) atoms. The van der Waals surface area contributed by atoms with Crippen molar-refractivity contribution in [1.29, 1.82) is 0 Å². The van der Waals surface area contributed by atoms with Crippen LogP contribution in [0.2, 0.25) is 0 Å². The number of rotatable bonds is 3. The van der Waals surface area contributed by atoms with Gasteiger partial charge in [0.05, 0.1) is 0 Å². The zero-order valence-electron chi connectivity index (χ0n) is 11.1. The molecule has 4 saturated carbocycles. The Kier molecular flexibility index (Phi) is 2.60. The highest BCUT2D eigenvalue weighted by Crippen LogP contribution is 2.56. The minimum Gasteiger partial charge on any atom is -0.368 e. The third kappa shape index (κ3) is 2.05. The Morgan fingerprint density at radius 1 is 1.05 bits per heavy atom. The zero-order chi connectivity index (χ0) is 12.8. The van der Waals surface area contributed by atoms with E-state index < -0.39 is 0 Å². The molecule has 5 rings (SSSR count). The van der Waals surface area contributed by atoms with Gasteiger partial charge >= 0.3 is 0 Å². The molecule has 0 aliphatic heterocycles. The van der Waals surface area contributed by atoms with Gasteiger partial charge in [0.15, 0.2) is 0 Å². The fourth-order valence-electron chi connectivity index (χ4n) is 4.97. The van der Waals surface area contributed by atoms with Gasteiger partial charge in [-0.25, -0.2) is 9.97 Å². The summed E-state index contributed by atoms with van der Waals surface area (Å²) in [7, 11) is 0. The molecule has 1 aromatic rings. The molecule has 0 saturated heterocycles. The van der Waals surface area contributed by atoms with Gasteiger partial charge in [0.1, 0.15) is 6.33 Å². The lowest BCUT2D eigenvalue weighted by molar-refractivity contribution is -0.0306. The summed E-state index contributed by atoms with van der Waals surface area (Å²) in [6.45, 7) is 0.998. The third-order valence-corrected chi connectivity index (χ3v) is 5.51. The van der Waals surface area contributed by atoms with E-state index in [4.69, 9.17) is 5.73 Å². The van der Waals surface area contributed by atoms with Crippen molar-refractivity contribution in [3.63, 3.8) is 0 Å². The van der Waals surface area contributed by atoms with E-state index in [1.165, 1.54) is 38.4 Å².